The summed E-state index contributed by atoms with van der Waals surface area (Å²) in [7, 11) is 0. The third kappa shape index (κ3) is 4.54. The zero-order chi connectivity index (χ0) is 23.7. The fourth-order valence-corrected chi connectivity index (χ4v) is 4.04. The van der Waals surface area contributed by atoms with Crippen molar-refractivity contribution in [3.8, 4) is 11.3 Å². The summed E-state index contributed by atoms with van der Waals surface area (Å²) in [5.74, 6) is -1.40. The van der Waals surface area contributed by atoms with Gasteiger partial charge >= 0.3 is 6.09 Å². The minimum atomic E-state index is -1.03. The first-order valence-electron chi connectivity index (χ1n) is 10.7. The lowest BCUT2D eigenvalue weighted by Crippen LogP contribution is -2.45. The highest BCUT2D eigenvalue weighted by Crippen LogP contribution is 2.33. The lowest BCUT2D eigenvalue weighted by atomic mass is 10.0. The Morgan fingerprint density at radius 2 is 2.06 bits per heavy atom. The Kier molecular flexibility index (Phi) is 6.33. The molecule has 0 bridgehead atoms. The number of imidazole rings is 1. The van der Waals surface area contributed by atoms with Gasteiger partial charge in [-0.2, -0.15) is 0 Å². The second-order valence-corrected chi connectivity index (χ2v) is 7.94. The monoisotopic (exact) mass is 457 g/mol. The number of pyridine rings is 1. The summed E-state index contributed by atoms with van der Waals surface area (Å²) < 4.78 is 43.3. The molecule has 3 heterocycles. The van der Waals surface area contributed by atoms with Gasteiger partial charge in [0.25, 0.3) is 0 Å². The molecule has 0 aliphatic carbocycles. The molecule has 9 heteroatoms. The topological polar surface area (TPSA) is 76.3 Å². The van der Waals surface area contributed by atoms with Crippen LogP contribution in [0.5, 0.6) is 0 Å². The van der Waals surface area contributed by atoms with Crippen molar-refractivity contribution in [1.29, 1.82) is 0 Å². The van der Waals surface area contributed by atoms with E-state index in [-0.39, 0.29) is 48.7 Å². The summed E-state index contributed by atoms with van der Waals surface area (Å²) in [5.41, 5.74) is 2.12. The number of morpholine rings is 1. The zero-order valence-corrected chi connectivity index (χ0v) is 18.5. The molecule has 1 aromatic carbocycles. The number of ether oxygens (including phenoxy) is 2. The number of rotatable bonds is 6. The third-order valence-corrected chi connectivity index (χ3v) is 5.63. The van der Waals surface area contributed by atoms with Crippen LogP contribution in [0.3, 0.4) is 0 Å². The summed E-state index contributed by atoms with van der Waals surface area (Å²) in [6.07, 6.45) is 0.516. The van der Waals surface area contributed by atoms with E-state index in [1.165, 1.54) is 17.0 Å². The molecule has 1 saturated heterocycles. The highest BCUT2D eigenvalue weighted by Gasteiger charge is 2.28. The van der Waals surface area contributed by atoms with Crippen molar-refractivity contribution in [2.75, 3.05) is 26.3 Å². The van der Waals surface area contributed by atoms with E-state index >= 15 is 8.78 Å². The van der Waals surface area contributed by atoms with Gasteiger partial charge in [-0.3, -0.25) is 0 Å². The van der Waals surface area contributed by atoms with Gasteiger partial charge in [-0.1, -0.05) is 6.58 Å². The molecule has 0 radical (unpaired) electrons. The SMILES string of the molecule is C=C(OCC)c1cc(F)c(-c2nc3cc(C)ccn3c2C[C@H]2CN(C(=O)O)CCO2)c(F)c1. The summed E-state index contributed by atoms with van der Waals surface area (Å²) in [5, 5.41) is 9.34. The molecule has 33 heavy (non-hydrogen) atoms. The van der Waals surface area contributed by atoms with Gasteiger partial charge in [-0.15, -0.1) is 0 Å². The van der Waals surface area contributed by atoms with Crippen LogP contribution < -0.4 is 0 Å². The van der Waals surface area contributed by atoms with Crippen molar-refractivity contribution in [2.45, 2.75) is 26.4 Å². The van der Waals surface area contributed by atoms with Crippen molar-refractivity contribution in [1.82, 2.24) is 14.3 Å². The minimum absolute atomic E-state index is 0.153. The molecule has 0 spiro atoms. The van der Waals surface area contributed by atoms with Crippen LogP contribution in [0.4, 0.5) is 13.6 Å². The maximum Gasteiger partial charge on any atom is 0.407 e. The molecule has 1 amide bonds. The maximum absolute atomic E-state index is 15.2. The van der Waals surface area contributed by atoms with Crippen LogP contribution in [-0.4, -0.2) is 57.9 Å². The van der Waals surface area contributed by atoms with E-state index in [1.807, 2.05) is 19.1 Å². The summed E-state index contributed by atoms with van der Waals surface area (Å²) in [6, 6.07) is 6.05. The number of aryl methyl sites for hydroxylation is 1. The number of carboxylic acid groups (broad SMARTS) is 1. The normalized spacial score (nSPS) is 16.2. The lowest BCUT2D eigenvalue weighted by Gasteiger charge is -2.31. The first-order chi connectivity index (χ1) is 15.8. The van der Waals surface area contributed by atoms with Crippen LogP contribution in [0, 0.1) is 18.6 Å². The van der Waals surface area contributed by atoms with Crippen molar-refractivity contribution < 1.29 is 28.2 Å². The van der Waals surface area contributed by atoms with Gasteiger partial charge in [0.2, 0.25) is 0 Å². The third-order valence-electron chi connectivity index (χ3n) is 5.63. The number of hydrogen-bond donors (Lipinski definition) is 1. The Balaban J connectivity index is 1.80. The molecular formula is C24H25F2N3O4. The molecule has 0 unspecified atom stereocenters. The van der Waals surface area contributed by atoms with Gasteiger partial charge in [0.05, 0.1) is 42.8 Å². The van der Waals surface area contributed by atoms with Crippen LogP contribution in [0.15, 0.2) is 37.0 Å². The predicted molar refractivity (Wildman–Crippen MR) is 119 cm³/mol. The number of fused-ring (bicyclic) bond motifs is 1. The number of amides is 1. The largest absolute Gasteiger partial charge is 0.494 e. The average molecular weight is 457 g/mol. The molecule has 0 saturated carbocycles. The lowest BCUT2D eigenvalue weighted by molar-refractivity contribution is -0.0214. The van der Waals surface area contributed by atoms with Gasteiger partial charge in [-0.25, -0.2) is 18.6 Å². The Bertz CT molecular complexity index is 1200. The van der Waals surface area contributed by atoms with Crippen LogP contribution in [0.2, 0.25) is 0 Å². The number of aromatic nitrogens is 2. The van der Waals surface area contributed by atoms with Crippen molar-refractivity contribution in [2.24, 2.45) is 0 Å². The summed E-state index contributed by atoms with van der Waals surface area (Å²) >= 11 is 0. The highest BCUT2D eigenvalue weighted by molar-refractivity contribution is 5.71. The quantitative estimate of drug-likeness (QED) is 0.551. The average Bonchev–Trinajstić information content (AvgIpc) is 3.10. The molecule has 3 aromatic rings. The van der Waals surface area contributed by atoms with Gasteiger partial charge in [0.15, 0.2) is 0 Å². The van der Waals surface area contributed by atoms with Gasteiger partial charge in [0, 0.05) is 24.7 Å². The highest BCUT2D eigenvalue weighted by atomic mass is 19.1. The van der Waals surface area contributed by atoms with Crippen LogP contribution in [0.1, 0.15) is 23.7 Å². The Hall–Kier alpha value is -3.46. The van der Waals surface area contributed by atoms with Crippen molar-refractivity contribution >= 4 is 17.5 Å². The van der Waals surface area contributed by atoms with Gasteiger partial charge in [0.1, 0.15) is 23.0 Å². The van der Waals surface area contributed by atoms with E-state index in [2.05, 4.69) is 11.6 Å². The molecule has 1 N–H and O–H groups in total. The van der Waals surface area contributed by atoms with Crippen LogP contribution in [-0.2, 0) is 15.9 Å². The first kappa shape index (κ1) is 22.7. The van der Waals surface area contributed by atoms with Gasteiger partial charge in [-0.05, 0) is 43.7 Å². The van der Waals surface area contributed by atoms with E-state index in [9.17, 15) is 9.90 Å². The number of halogens is 2. The fraction of sp³-hybridized carbons (Fsp3) is 0.333. The first-order valence-corrected chi connectivity index (χ1v) is 10.7. The second-order valence-electron chi connectivity index (χ2n) is 7.94. The zero-order valence-electron chi connectivity index (χ0n) is 18.5. The molecule has 7 nitrogen and oxygen atoms in total. The minimum Gasteiger partial charge on any atom is -0.494 e. The maximum atomic E-state index is 15.2. The Labute approximate surface area is 189 Å². The molecule has 1 fully saturated rings. The van der Waals surface area contributed by atoms with E-state index in [1.54, 1.807) is 17.5 Å². The molecular weight excluding hydrogens is 432 g/mol. The molecule has 1 aliphatic rings. The number of nitrogens with zero attached hydrogens (tertiary/aromatic N) is 3. The summed E-state index contributed by atoms with van der Waals surface area (Å²) in [6.45, 7) is 8.39. The molecule has 1 atom stereocenters. The summed E-state index contributed by atoms with van der Waals surface area (Å²) in [4.78, 5) is 17.2. The Morgan fingerprint density at radius 3 is 2.73 bits per heavy atom. The number of benzene rings is 1. The van der Waals surface area contributed by atoms with Crippen LogP contribution in [0.25, 0.3) is 22.7 Å². The number of carbonyl (C=O) groups is 1. The second kappa shape index (κ2) is 9.19. The number of hydrogen-bond acceptors (Lipinski definition) is 4. The fourth-order valence-electron chi connectivity index (χ4n) is 4.04. The smallest absolute Gasteiger partial charge is 0.407 e. The van der Waals surface area contributed by atoms with Crippen molar-refractivity contribution in [3.05, 3.63) is 65.5 Å². The van der Waals surface area contributed by atoms with E-state index in [0.717, 1.165) is 5.56 Å². The van der Waals surface area contributed by atoms with E-state index in [0.29, 0.717) is 17.9 Å². The standard InChI is InChI=1S/C24H25F2N3O4/c1-4-32-15(3)16-10-18(25)22(19(26)11-16)23-20(29-6-5-14(2)9-21(29)27-23)12-17-13-28(24(30)31)7-8-33-17/h5-6,9-11,17H,3-4,7-8,12-13H2,1-2H3,(H,30,31)/t17-/m0/s1. The molecule has 174 valence electrons. The molecule has 2 aromatic heterocycles. The molecule has 4 rings (SSSR count). The predicted octanol–water partition coefficient (Wildman–Crippen LogP) is 4.52. The molecule has 1 aliphatic heterocycles. The van der Waals surface area contributed by atoms with Crippen LogP contribution >= 0.6 is 0 Å². The Morgan fingerprint density at radius 1 is 1.33 bits per heavy atom. The van der Waals surface area contributed by atoms with E-state index in [4.69, 9.17) is 9.47 Å². The van der Waals surface area contributed by atoms with E-state index < -0.39 is 23.8 Å². The van der Waals surface area contributed by atoms with Crippen molar-refractivity contribution in [3.63, 3.8) is 0 Å². The van der Waals surface area contributed by atoms with Gasteiger partial charge < -0.3 is 23.9 Å².